The molecule has 8 heteroatoms. The van der Waals surface area contributed by atoms with Gasteiger partial charge in [-0.3, -0.25) is 0 Å². The summed E-state index contributed by atoms with van der Waals surface area (Å²) in [6, 6.07) is 12.5. The normalized spacial score (nSPS) is 10.6. The fourth-order valence-corrected chi connectivity index (χ4v) is 2.54. The van der Waals surface area contributed by atoms with Crippen LogP contribution in [0.4, 0.5) is 17.6 Å². The number of nitrogen functional groups attached to an aromatic ring is 1. The summed E-state index contributed by atoms with van der Waals surface area (Å²) >= 11 is 12.0. The van der Waals surface area contributed by atoms with Crippen LogP contribution in [0.25, 0.3) is 11.4 Å². The molecule has 0 spiro atoms. The van der Waals surface area contributed by atoms with Crippen LogP contribution in [0.15, 0.2) is 42.5 Å². The minimum Gasteiger partial charge on any atom is -0.493 e. The number of hydrogen-bond acceptors (Lipinski definition) is 6. The van der Waals surface area contributed by atoms with Crippen molar-refractivity contribution in [2.75, 3.05) is 17.7 Å². The number of nitrogens with two attached hydrogens (primary N) is 1. The molecule has 0 aliphatic carbocycles. The Kier molecular flexibility index (Phi) is 5.75. The van der Waals surface area contributed by atoms with Crippen LogP contribution in [-0.2, 0) is 0 Å². The van der Waals surface area contributed by atoms with E-state index in [0.29, 0.717) is 39.7 Å². The van der Waals surface area contributed by atoms with Gasteiger partial charge in [0.2, 0.25) is 11.9 Å². The first-order chi connectivity index (χ1) is 12.5. The second kappa shape index (κ2) is 8.21. The predicted molar refractivity (Wildman–Crippen MR) is 105 cm³/mol. The van der Waals surface area contributed by atoms with Crippen LogP contribution in [0, 0.1) is 0 Å². The van der Waals surface area contributed by atoms with E-state index in [9.17, 15) is 0 Å². The van der Waals surface area contributed by atoms with E-state index in [1.54, 1.807) is 30.3 Å². The first-order valence-electron chi connectivity index (χ1n) is 8.02. The van der Waals surface area contributed by atoms with Gasteiger partial charge in [-0.05, 0) is 48.9 Å². The number of nitrogens with one attached hydrogen (secondary N) is 1. The average molecular weight is 390 g/mol. The lowest BCUT2D eigenvalue weighted by Crippen LogP contribution is -2.06. The third kappa shape index (κ3) is 4.53. The van der Waals surface area contributed by atoms with Gasteiger partial charge in [0, 0.05) is 15.7 Å². The minimum absolute atomic E-state index is 0.0906. The van der Waals surface area contributed by atoms with E-state index in [2.05, 4.69) is 20.3 Å². The standard InChI is InChI=1S/C18H17Cl2N5O/c1-2-9-26-15-8-5-12(20)10-14(15)16-23-17(21)25-18(24-16)22-13-6-3-11(19)4-7-13/h3-8,10H,2,9H2,1H3,(H3,21,22,23,24,25). The van der Waals surface area contributed by atoms with Gasteiger partial charge in [0.1, 0.15) is 5.75 Å². The molecular formula is C18H17Cl2N5O. The van der Waals surface area contributed by atoms with Crippen LogP contribution in [0.3, 0.4) is 0 Å². The van der Waals surface area contributed by atoms with Gasteiger partial charge in [0.15, 0.2) is 5.82 Å². The Bertz CT molecular complexity index is 903. The van der Waals surface area contributed by atoms with Crippen molar-refractivity contribution < 1.29 is 4.74 Å². The van der Waals surface area contributed by atoms with Crippen molar-refractivity contribution >= 4 is 40.8 Å². The Labute approximate surface area is 161 Å². The zero-order chi connectivity index (χ0) is 18.5. The number of halogens is 2. The van der Waals surface area contributed by atoms with Gasteiger partial charge >= 0.3 is 0 Å². The molecular weight excluding hydrogens is 373 g/mol. The summed E-state index contributed by atoms with van der Waals surface area (Å²) in [4.78, 5) is 12.8. The van der Waals surface area contributed by atoms with Crippen molar-refractivity contribution in [2.45, 2.75) is 13.3 Å². The van der Waals surface area contributed by atoms with Gasteiger partial charge in [-0.15, -0.1) is 0 Å². The molecule has 0 fully saturated rings. The van der Waals surface area contributed by atoms with Gasteiger partial charge in [-0.1, -0.05) is 30.1 Å². The zero-order valence-electron chi connectivity index (χ0n) is 14.0. The molecule has 0 saturated carbocycles. The summed E-state index contributed by atoms with van der Waals surface area (Å²) in [5.74, 6) is 1.42. The molecule has 0 radical (unpaired) electrons. The quantitative estimate of drug-likeness (QED) is 0.619. The SMILES string of the molecule is CCCOc1ccc(Cl)cc1-c1nc(N)nc(Nc2ccc(Cl)cc2)n1. The molecule has 3 rings (SSSR count). The molecule has 6 nitrogen and oxygen atoms in total. The highest BCUT2D eigenvalue weighted by molar-refractivity contribution is 6.31. The summed E-state index contributed by atoms with van der Waals surface area (Å²) in [6.07, 6.45) is 0.880. The van der Waals surface area contributed by atoms with Crippen molar-refractivity contribution in [3.8, 4) is 17.1 Å². The second-order valence-corrected chi connectivity index (χ2v) is 6.33. The molecule has 0 bridgehead atoms. The third-order valence-corrected chi connectivity index (χ3v) is 3.88. The van der Waals surface area contributed by atoms with Crippen LogP contribution in [0.5, 0.6) is 5.75 Å². The molecule has 0 amide bonds. The van der Waals surface area contributed by atoms with Crippen LogP contribution in [0.1, 0.15) is 13.3 Å². The van der Waals surface area contributed by atoms with Crippen molar-refractivity contribution in [3.05, 3.63) is 52.5 Å². The number of nitrogens with zero attached hydrogens (tertiary/aromatic N) is 3. The molecule has 1 aromatic heterocycles. The molecule has 134 valence electrons. The van der Waals surface area contributed by atoms with Crippen molar-refractivity contribution in [1.29, 1.82) is 0 Å². The van der Waals surface area contributed by atoms with E-state index in [4.69, 9.17) is 33.7 Å². The molecule has 2 aromatic carbocycles. The molecule has 0 atom stereocenters. The van der Waals surface area contributed by atoms with Crippen LogP contribution >= 0.6 is 23.2 Å². The van der Waals surface area contributed by atoms with Crippen LogP contribution < -0.4 is 15.8 Å². The monoisotopic (exact) mass is 389 g/mol. The number of ether oxygens (including phenoxy) is 1. The van der Waals surface area contributed by atoms with Gasteiger partial charge in [0.25, 0.3) is 0 Å². The van der Waals surface area contributed by atoms with Crippen molar-refractivity contribution in [1.82, 2.24) is 15.0 Å². The van der Waals surface area contributed by atoms with Crippen LogP contribution in [0.2, 0.25) is 10.0 Å². The van der Waals surface area contributed by atoms with Gasteiger partial charge in [-0.25, -0.2) is 0 Å². The Morgan fingerprint density at radius 1 is 1.00 bits per heavy atom. The lowest BCUT2D eigenvalue weighted by Gasteiger charge is -2.12. The molecule has 0 aliphatic heterocycles. The second-order valence-electron chi connectivity index (χ2n) is 5.46. The summed E-state index contributed by atoms with van der Waals surface area (Å²) in [5.41, 5.74) is 7.30. The average Bonchev–Trinajstić information content (AvgIpc) is 2.62. The molecule has 0 aliphatic rings. The molecule has 0 saturated heterocycles. The molecule has 0 unspecified atom stereocenters. The maximum Gasteiger partial charge on any atom is 0.232 e. The van der Waals surface area contributed by atoms with E-state index < -0.39 is 0 Å². The predicted octanol–water partition coefficient (Wildman–Crippen LogP) is 4.96. The topological polar surface area (TPSA) is 86.0 Å². The summed E-state index contributed by atoms with van der Waals surface area (Å²) < 4.78 is 5.77. The first kappa shape index (κ1) is 18.2. The molecule has 3 N–H and O–H groups in total. The Balaban J connectivity index is 1.97. The smallest absolute Gasteiger partial charge is 0.232 e. The van der Waals surface area contributed by atoms with E-state index >= 15 is 0 Å². The Morgan fingerprint density at radius 3 is 2.46 bits per heavy atom. The number of benzene rings is 2. The third-order valence-electron chi connectivity index (χ3n) is 3.40. The van der Waals surface area contributed by atoms with Crippen LogP contribution in [-0.4, -0.2) is 21.6 Å². The highest BCUT2D eigenvalue weighted by Crippen LogP contribution is 2.31. The largest absolute Gasteiger partial charge is 0.493 e. The maximum absolute atomic E-state index is 6.14. The molecule has 1 heterocycles. The van der Waals surface area contributed by atoms with Crippen molar-refractivity contribution in [2.24, 2.45) is 0 Å². The fourth-order valence-electron chi connectivity index (χ4n) is 2.25. The minimum atomic E-state index is 0.0906. The summed E-state index contributed by atoms with van der Waals surface area (Å²) in [6.45, 7) is 2.61. The van der Waals surface area contributed by atoms with Gasteiger partial charge < -0.3 is 15.8 Å². The first-order valence-corrected chi connectivity index (χ1v) is 8.77. The number of anilines is 3. The van der Waals surface area contributed by atoms with E-state index in [1.807, 2.05) is 19.1 Å². The van der Waals surface area contributed by atoms with E-state index in [0.717, 1.165) is 12.1 Å². The summed E-state index contributed by atoms with van der Waals surface area (Å²) in [5, 5.41) is 4.28. The van der Waals surface area contributed by atoms with Gasteiger partial charge in [-0.2, -0.15) is 15.0 Å². The maximum atomic E-state index is 6.14. The number of rotatable bonds is 6. The Morgan fingerprint density at radius 2 is 1.73 bits per heavy atom. The van der Waals surface area contributed by atoms with E-state index in [-0.39, 0.29) is 5.95 Å². The van der Waals surface area contributed by atoms with Crippen molar-refractivity contribution in [3.63, 3.8) is 0 Å². The molecule has 26 heavy (non-hydrogen) atoms. The fraction of sp³-hybridized carbons (Fsp3) is 0.167. The number of hydrogen-bond donors (Lipinski definition) is 2. The highest BCUT2D eigenvalue weighted by Gasteiger charge is 2.13. The van der Waals surface area contributed by atoms with Gasteiger partial charge in [0.05, 0.1) is 12.2 Å². The number of aromatic nitrogens is 3. The lowest BCUT2D eigenvalue weighted by molar-refractivity contribution is 0.318. The highest BCUT2D eigenvalue weighted by atomic mass is 35.5. The lowest BCUT2D eigenvalue weighted by atomic mass is 10.2. The summed E-state index contributed by atoms with van der Waals surface area (Å²) in [7, 11) is 0. The zero-order valence-corrected chi connectivity index (χ0v) is 15.6. The Hall–Kier alpha value is -2.57. The molecule has 3 aromatic rings. The van der Waals surface area contributed by atoms with E-state index in [1.165, 1.54) is 0 Å².